The number of amides is 1. The second-order valence-corrected chi connectivity index (χ2v) is 6.62. The van der Waals surface area contributed by atoms with Crippen molar-refractivity contribution in [1.29, 1.82) is 0 Å². The molecule has 1 aromatic carbocycles. The zero-order valence-electron chi connectivity index (χ0n) is 12.9. The van der Waals surface area contributed by atoms with Crippen molar-refractivity contribution in [1.82, 2.24) is 15.3 Å². The summed E-state index contributed by atoms with van der Waals surface area (Å²) in [7, 11) is 0. The van der Waals surface area contributed by atoms with Crippen LogP contribution in [0.5, 0.6) is 0 Å². The van der Waals surface area contributed by atoms with Crippen molar-refractivity contribution in [2.45, 2.75) is 12.8 Å². The molecule has 3 aromatic rings. The molecule has 0 bridgehead atoms. The summed E-state index contributed by atoms with van der Waals surface area (Å²) in [5, 5.41) is 6.58. The van der Waals surface area contributed by atoms with Crippen LogP contribution in [-0.2, 0) is 17.6 Å². The zero-order chi connectivity index (χ0) is 16.8. The molecule has 0 atom stereocenters. The molecule has 0 aliphatic heterocycles. The largest absolute Gasteiger partial charge is 0.355 e. The van der Waals surface area contributed by atoms with Crippen LogP contribution in [0.25, 0.3) is 11.4 Å². The highest BCUT2D eigenvalue weighted by atomic mass is 35.5. The van der Waals surface area contributed by atoms with Gasteiger partial charge in [-0.3, -0.25) is 9.78 Å². The van der Waals surface area contributed by atoms with Crippen molar-refractivity contribution < 1.29 is 4.79 Å². The van der Waals surface area contributed by atoms with Gasteiger partial charge >= 0.3 is 0 Å². The van der Waals surface area contributed by atoms with E-state index in [4.69, 9.17) is 11.6 Å². The third kappa shape index (κ3) is 4.63. The smallest absolute Gasteiger partial charge is 0.224 e. The zero-order valence-corrected chi connectivity index (χ0v) is 14.5. The Kier molecular flexibility index (Phi) is 5.56. The number of aromatic nitrogens is 2. The van der Waals surface area contributed by atoms with E-state index in [-0.39, 0.29) is 5.91 Å². The summed E-state index contributed by atoms with van der Waals surface area (Å²) in [4.78, 5) is 20.8. The highest BCUT2D eigenvalue weighted by Gasteiger charge is 2.07. The first kappa shape index (κ1) is 16.6. The van der Waals surface area contributed by atoms with Crippen LogP contribution in [0.4, 0.5) is 0 Å². The van der Waals surface area contributed by atoms with Gasteiger partial charge in [-0.1, -0.05) is 29.8 Å². The number of nitrogens with one attached hydrogen (secondary N) is 1. The minimum absolute atomic E-state index is 0.00109. The fourth-order valence-corrected chi connectivity index (χ4v) is 3.13. The van der Waals surface area contributed by atoms with Gasteiger partial charge in [-0.2, -0.15) is 0 Å². The fraction of sp³-hybridized carbons (Fsp3) is 0.167. The van der Waals surface area contributed by atoms with Crippen molar-refractivity contribution in [3.8, 4) is 11.4 Å². The SMILES string of the molecule is O=C(Cc1ccc(Cl)cc1)NCCc1nc(-c2ccccn2)cs1. The van der Waals surface area contributed by atoms with Gasteiger partial charge in [0.15, 0.2) is 0 Å². The topological polar surface area (TPSA) is 54.9 Å². The molecule has 2 heterocycles. The number of benzene rings is 1. The molecule has 0 radical (unpaired) electrons. The van der Waals surface area contributed by atoms with Crippen LogP contribution in [0.2, 0.25) is 5.02 Å². The van der Waals surface area contributed by atoms with Gasteiger partial charge in [0.05, 0.1) is 22.8 Å². The van der Waals surface area contributed by atoms with E-state index in [1.165, 1.54) is 0 Å². The Bertz CT molecular complexity index is 803. The number of halogens is 1. The molecule has 0 spiro atoms. The lowest BCUT2D eigenvalue weighted by Crippen LogP contribution is -2.27. The van der Waals surface area contributed by atoms with Crippen molar-refractivity contribution in [3.05, 3.63) is 69.6 Å². The van der Waals surface area contributed by atoms with Gasteiger partial charge in [-0.25, -0.2) is 4.98 Å². The van der Waals surface area contributed by atoms with Crippen molar-refractivity contribution in [3.63, 3.8) is 0 Å². The maximum atomic E-state index is 11.9. The summed E-state index contributed by atoms with van der Waals surface area (Å²) in [6.45, 7) is 0.571. The Labute approximate surface area is 149 Å². The van der Waals surface area contributed by atoms with Crippen LogP contribution >= 0.6 is 22.9 Å². The lowest BCUT2D eigenvalue weighted by molar-refractivity contribution is -0.120. The Morgan fingerprint density at radius 2 is 1.96 bits per heavy atom. The number of nitrogens with zero attached hydrogens (tertiary/aromatic N) is 2. The number of thiazole rings is 1. The van der Waals surface area contributed by atoms with E-state index in [1.807, 2.05) is 35.7 Å². The molecule has 3 rings (SSSR count). The normalized spacial score (nSPS) is 10.5. The summed E-state index contributed by atoms with van der Waals surface area (Å²) in [5.41, 5.74) is 2.69. The van der Waals surface area contributed by atoms with E-state index in [1.54, 1.807) is 29.7 Å². The van der Waals surface area contributed by atoms with E-state index >= 15 is 0 Å². The predicted molar refractivity (Wildman–Crippen MR) is 97.2 cm³/mol. The molecule has 0 saturated heterocycles. The molecule has 0 aliphatic rings. The second-order valence-electron chi connectivity index (χ2n) is 5.24. The van der Waals surface area contributed by atoms with E-state index in [0.717, 1.165) is 22.0 Å². The number of carbonyl (C=O) groups excluding carboxylic acids is 1. The molecule has 0 fully saturated rings. The van der Waals surface area contributed by atoms with Crippen molar-refractivity contribution >= 4 is 28.8 Å². The van der Waals surface area contributed by atoms with Crippen molar-refractivity contribution in [2.24, 2.45) is 0 Å². The average molecular weight is 358 g/mol. The summed E-state index contributed by atoms with van der Waals surface area (Å²) < 4.78 is 0. The third-order valence-corrected chi connectivity index (χ3v) is 4.58. The molecule has 4 nitrogen and oxygen atoms in total. The Morgan fingerprint density at radius 3 is 2.71 bits per heavy atom. The summed E-state index contributed by atoms with van der Waals surface area (Å²) in [6.07, 6.45) is 2.82. The van der Waals surface area contributed by atoms with Gasteiger partial charge in [0, 0.05) is 29.6 Å². The molecule has 0 aliphatic carbocycles. The average Bonchev–Trinajstić information content (AvgIpc) is 3.07. The van der Waals surface area contributed by atoms with E-state index in [2.05, 4.69) is 15.3 Å². The second kappa shape index (κ2) is 8.04. The summed E-state index contributed by atoms with van der Waals surface area (Å²) in [5.74, 6) is -0.00109. The van der Waals surface area contributed by atoms with Crippen LogP contribution < -0.4 is 5.32 Å². The fourth-order valence-electron chi connectivity index (χ4n) is 2.22. The van der Waals surface area contributed by atoms with Gasteiger partial charge in [-0.15, -0.1) is 11.3 Å². The van der Waals surface area contributed by atoms with Crippen LogP contribution in [0.3, 0.4) is 0 Å². The molecule has 0 unspecified atom stereocenters. The van der Waals surface area contributed by atoms with E-state index in [0.29, 0.717) is 24.4 Å². The maximum Gasteiger partial charge on any atom is 0.224 e. The number of hydrogen-bond acceptors (Lipinski definition) is 4. The quantitative estimate of drug-likeness (QED) is 0.730. The lowest BCUT2D eigenvalue weighted by atomic mass is 10.1. The lowest BCUT2D eigenvalue weighted by Gasteiger charge is -2.04. The summed E-state index contributed by atoms with van der Waals surface area (Å²) >= 11 is 7.42. The molecule has 0 saturated carbocycles. The van der Waals surface area contributed by atoms with E-state index in [9.17, 15) is 4.79 Å². The number of hydrogen-bond donors (Lipinski definition) is 1. The van der Waals surface area contributed by atoms with Crippen LogP contribution in [-0.4, -0.2) is 22.4 Å². The van der Waals surface area contributed by atoms with Gasteiger partial charge in [0.1, 0.15) is 0 Å². The molecular weight excluding hydrogens is 342 g/mol. The third-order valence-electron chi connectivity index (χ3n) is 3.42. The van der Waals surface area contributed by atoms with Gasteiger partial charge < -0.3 is 5.32 Å². The van der Waals surface area contributed by atoms with Gasteiger partial charge in [0.25, 0.3) is 0 Å². The van der Waals surface area contributed by atoms with Gasteiger partial charge in [-0.05, 0) is 29.8 Å². The predicted octanol–water partition coefficient (Wildman–Crippen LogP) is 3.76. The molecule has 6 heteroatoms. The Morgan fingerprint density at radius 1 is 1.12 bits per heavy atom. The molecule has 1 amide bonds. The van der Waals surface area contributed by atoms with Crippen LogP contribution in [0, 0.1) is 0 Å². The molecular formula is C18H16ClN3OS. The molecule has 1 N–H and O–H groups in total. The Balaban J connectivity index is 1.47. The highest BCUT2D eigenvalue weighted by molar-refractivity contribution is 7.09. The van der Waals surface area contributed by atoms with Crippen LogP contribution in [0.15, 0.2) is 54.0 Å². The van der Waals surface area contributed by atoms with Gasteiger partial charge in [0.2, 0.25) is 5.91 Å². The first-order valence-electron chi connectivity index (χ1n) is 7.57. The number of pyridine rings is 1. The minimum Gasteiger partial charge on any atom is -0.355 e. The monoisotopic (exact) mass is 357 g/mol. The minimum atomic E-state index is -0.00109. The molecule has 2 aromatic heterocycles. The molecule has 24 heavy (non-hydrogen) atoms. The van der Waals surface area contributed by atoms with Crippen LogP contribution in [0.1, 0.15) is 10.6 Å². The Hall–Kier alpha value is -2.24. The number of carbonyl (C=O) groups is 1. The first-order chi connectivity index (χ1) is 11.7. The molecule has 122 valence electrons. The maximum absolute atomic E-state index is 11.9. The van der Waals surface area contributed by atoms with Crippen molar-refractivity contribution in [2.75, 3.05) is 6.54 Å². The summed E-state index contributed by atoms with van der Waals surface area (Å²) in [6, 6.07) is 13.1. The highest BCUT2D eigenvalue weighted by Crippen LogP contribution is 2.19. The van der Waals surface area contributed by atoms with E-state index < -0.39 is 0 Å². The number of rotatable bonds is 6. The standard InChI is InChI=1S/C18H16ClN3OS/c19-14-6-4-13(5-7-14)11-17(23)21-10-8-18-22-16(12-24-18)15-3-1-2-9-20-15/h1-7,9,12H,8,10-11H2,(H,21,23). The first-order valence-corrected chi connectivity index (χ1v) is 8.83.